The van der Waals surface area contributed by atoms with Crippen molar-refractivity contribution in [3.63, 3.8) is 0 Å². The lowest BCUT2D eigenvalue weighted by molar-refractivity contribution is 0.0831. The number of rotatable bonds is 6. The van der Waals surface area contributed by atoms with Crippen molar-refractivity contribution < 1.29 is 14.2 Å². The second-order valence-electron chi connectivity index (χ2n) is 8.37. The molecular formula is C27H27O3P. The smallest absolute Gasteiger partial charge is 0.201 e. The van der Waals surface area contributed by atoms with Gasteiger partial charge < -0.3 is 0 Å². The molecular weight excluding hydrogens is 403 g/mol. The molecule has 0 aliphatic heterocycles. The largest absolute Gasteiger partial charge is 0.292 e. The van der Waals surface area contributed by atoms with Gasteiger partial charge in [0.2, 0.25) is 5.16 Å². The molecule has 0 amide bonds. The van der Waals surface area contributed by atoms with Crippen molar-refractivity contribution in [3.05, 3.63) is 105 Å². The third kappa shape index (κ3) is 3.91. The summed E-state index contributed by atoms with van der Waals surface area (Å²) in [5.41, 5.74) is 6.50. The zero-order valence-electron chi connectivity index (χ0n) is 18.9. The van der Waals surface area contributed by atoms with Crippen LogP contribution in [0.5, 0.6) is 0 Å². The highest BCUT2D eigenvalue weighted by atomic mass is 31.1. The van der Waals surface area contributed by atoms with E-state index >= 15 is 0 Å². The molecule has 158 valence electrons. The molecule has 0 aromatic heterocycles. The topological polar surface area (TPSA) is 51.2 Å². The maximum Gasteiger partial charge on any atom is 0.201 e. The molecule has 3 aromatic carbocycles. The Morgan fingerprint density at radius 3 is 1.32 bits per heavy atom. The Kier molecular flexibility index (Phi) is 6.38. The van der Waals surface area contributed by atoms with Crippen LogP contribution in [0.15, 0.2) is 54.6 Å². The first kappa shape index (κ1) is 22.8. The number of aryl methyl sites for hydroxylation is 6. The van der Waals surface area contributed by atoms with Crippen LogP contribution in [0.3, 0.4) is 0 Å². The molecule has 4 heteroatoms. The minimum Gasteiger partial charge on any atom is -0.292 e. The second-order valence-corrected chi connectivity index (χ2v) is 9.23. The Labute approximate surface area is 185 Å². The first-order valence-electron chi connectivity index (χ1n) is 10.3. The molecule has 31 heavy (non-hydrogen) atoms. The molecule has 0 N–H and O–H groups in total. The van der Waals surface area contributed by atoms with Crippen molar-refractivity contribution in [1.82, 2.24) is 0 Å². The molecule has 0 aliphatic carbocycles. The summed E-state index contributed by atoms with van der Waals surface area (Å²) >= 11 is 0. The molecule has 3 aromatic rings. The van der Waals surface area contributed by atoms with Gasteiger partial charge in [-0.1, -0.05) is 65.7 Å². The van der Waals surface area contributed by atoms with E-state index in [2.05, 4.69) is 0 Å². The van der Waals surface area contributed by atoms with Gasteiger partial charge in [0.1, 0.15) is 0 Å². The van der Waals surface area contributed by atoms with Gasteiger partial charge in [0.05, 0.1) is 0 Å². The summed E-state index contributed by atoms with van der Waals surface area (Å²) in [5, 5.41) is -1.85. The monoisotopic (exact) mass is 430 g/mol. The lowest BCUT2D eigenvalue weighted by Gasteiger charge is -2.28. The Bertz CT molecular complexity index is 1080. The normalized spacial score (nSPS) is 11.5. The molecule has 0 fully saturated rings. The van der Waals surface area contributed by atoms with E-state index < -0.39 is 25.2 Å². The molecule has 0 saturated carbocycles. The summed E-state index contributed by atoms with van der Waals surface area (Å²) in [6, 6.07) is 16.4. The first-order chi connectivity index (χ1) is 14.6. The van der Waals surface area contributed by atoms with Gasteiger partial charge in [-0.2, -0.15) is 0 Å². The zero-order chi connectivity index (χ0) is 22.9. The number of carbonyl (C=O) groups excluding carboxylic acids is 2. The van der Waals surface area contributed by atoms with Crippen LogP contribution < -0.4 is 0 Å². The highest BCUT2D eigenvalue weighted by Crippen LogP contribution is 2.44. The fraction of sp³-hybridized carbons (Fsp3) is 0.259. The average molecular weight is 430 g/mol. The number of Topliss-reactive ketones (excluding diaryl/α,β-unsaturated/α-hetero) is 2. The van der Waals surface area contributed by atoms with Crippen LogP contribution in [0.4, 0.5) is 0 Å². The summed E-state index contributed by atoms with van der Waals surface area (Å²) < 4.78 is 12.9. The van der Waals surface area contributed by atoms with E-state index in [1.165, 1.54) is 0 Å². The Balaban J connectivity index is 2.36. The van der Waals surface area contributed by atoms with Crippen LogP contribution in [0.1, 0.15) is 59.7 Å². The maximum atomic E-state index is 14.1. The molecule has 0 heterocycles. The van der Waals surface area contributed by atoms with E-state index in [0.717, 1.165) is 33.4 Å². The van der Waals surface area contributed by atoms with E-state index in [4.69, 9.17) is 0 Å². The minimum absolute atomic E-state index is 0.431. The zero-order valence-corrected chi connectivity index (χ0v) is 19.8. The number of hydrogen-bond acceptors (Lipinski definition) is 3. The maximum absolute atomic E-state index is 14.1. The fourth-order valence-electron chi connectivity index (χ4n) is 4.62. The van der Waals surface area contributed by atoms with Gasteiger partial charge in [-0.3, -0.25) is 14.2 Å². The van der Waals surface area contributed by atoms with Gasteiger partial charge >= 0.3 is 0 Å². The highest BCUT2D eigenvalue weighted by Gasteiger charge is 2.50. The molecule has 0 saturated heterocycles. The number of ketones is 2. The number of carbonyl (C=O) groups is 2. The van der Waals surface area contributed by atoms with Crippen LogP contribution >= 0.6 is 8.46 Å². The Morgan fingerprint density at radius 1 is 0.645 bits per heavy atom. The lowest BCUT2D eigenvalue weighted by Crippen LogP contribution is -2.40. The predicted molar refractivity (Wildman–Crippen MR) is 126 cm³/mol. The second kappa shape index (κ2) is 8.69. The summed E-state index contributed by atoms with van der Waals surface area (Å²) in [7, 11) is -0.545. The molecule has 3 rings (SSSR count). The van der Waals surface area contributed by atoms with E-state index in [-0.39, 0.29) is 0 Å². The van der Waals surface area contributed by atoms with Crippen LogP contribution in [-0.2, 0) is 9.72 Å². The average Bonchev–Trinajstić information content (AvgIpc) is 2.68. The third-order valence-electron chi connectivity index (χ3n) is 5.79. The van der Waals surface area contributed by atoms with Crippen molar-refractivity contribution >= 4 is 20.0 Å². The summed E-state index contributed by atoms with van der Waals surface area (Å²) in [6.07, 6.45) is 0. The molecule has 0 spiro atoms. The van der Waals surface area contributed by atoms with Crippen LogP contribution in [0.2, 0.25) is 0 Å². The summed E-state index contributed by atoms with van der Waals surface area (Å²) in [6.45, 7) is 11.4. The van der Waals surface area contributed by atoms with E-state index in [9.17, 15) is 14.2 Å². The van der Waals surface area contributed by atoms with Crippen LogP contribution in [-0.4, -0.2) is 11.6 Å². The molecule has 0 unspecified atom stereocenters. The van der Waals surface area contributed by atoms with Gasteiger partial charge in [0.25, 0.3) is 0 Å². The van der Waals surface area contributed by atoms with Crippen LogP contribution in [0, 0.1) is 41.5 Å². The molecule has 0 aliphatic rings. The van der Waals surface area contributed by atoms with Crippen molar-refractivity contribution in [2.24, 2.45) is 0 Å². The standard InChI is InChI=1S/C27H27O3P/c1-16-12-18(3)23(19(4)13-16)25(28)27(31-30,22-10-8-7-9-11-22)26(29)24-20(5)14-17(2)15-21(24)6/h7-15H,1-6H3. The lowest BCUT2D eigenvalue weighted by atomic mass is 9.79. The van der Waals surface area contributed by atoms with Gasteiger partial charge in [-0.05, 0) is 69.4 Å². The third-order valence-corrected chi connectivity index (χ3v) is 6.73. The van der Waals surface area contributed by atoms with E-state index in [1.54, 1.807) is 24.3 Å². The van der Waals surface area contributed by atoms with Crippen LogP contribution in [0.25, 0.3) is 0 Å². The minimum atomic E-state index is -1.85. The van der Waals surface area contributed by atoms with E-state index in [0.29, 0.717) is 16.7 Å². The molecule has 0 radical (unpaired) electrons. The molecule has 3 nitrogen and oxygen atoms in total. The summed E-state index contributed by atoms with van der Waals surface area (Å²) in [4.78, 5) is 28.3. The number of hydrogen-bond donors (Lipinski definition) is 0. The quantitative estimate of drug-likeness (QED) is 0.246. The molecule has 0 atom stereocenters. The summed E-state index contributed by atoms with van der Waals surface area (Å²) in [5.74, 6) is -0.871. The van der Waals surface area contributed by atoms with Crippen molar-refractivity contribution in [2.75, 3.05) is 0 Å². The predicted octanol–water partition coefficient (Wildman–Crippen LogP) is 6.79. The highest BCUT2D eigenvalue weighted by molar-refractivity contribution is 7.29. The molecule has 0 bridgehead atoms. The van der Waals surface area contributed by atoms with Gasteiger partial charge in [-0.15, -0.1) is 0 Å². The van der Waals surface area contributed by atoms with Gasteiger partial charge in [0, 0.05) is 11.1 Å². The first-order valence-corrected chi connectivity index (χ1v) is 11.1. The SMILES string of the molecule is Cc1cc(C)c(C(=O)C(P=O)(C(=O)c2c(C)cc(C)cc2C)c2ccccc2)c(C)c1. The van der Waals surface area contributed by atoms with E-state index in [1.807, 2.05) is 71.9 Å². The Hall–Kier alpha value is -2.90. The van der Waals surface area contributed by atoms with Gasteiger partial charge in [-0.25, -0.2) is 0 Å². The van der Waals surface area contributed by atoms with Gasteiger partial charge in [0.15, 0.2) is 20.0 Å². The number of benzene rings is 3. The fourth-order valence-corrected chi connectivity index (χ4v) is 5.26. The Morgan fingerprint density at radius 2 is 1.00 bits per heavy atom. The van der Waals surface area contributed by atoms with Crippen molar-refractivity contribution in [1.29, 1.82) is 0 Å². The van der Waals surface area contributed by atoms with Crippen molar-refractivity contribution in [3.8, 4) is 0 Å². The van der Waals surface area contributed by atoms with Crippen molar-refractivity contribution in [2.45, 2.75) is 46.7 Å².